The van der Waals surface area contributed by atoms with Gasteiger partial charge in [0.25, 0.3) is 11.7 Å². The van der Waals surface area contributed by atoms with Crippen LogP contribution in [0.25, 0.3) is 11.3 Å². The predicted octanol–water partition coefficient (Wildman–Crippen LogP) is 3.40. The molecule has 1 N–H and O–H groups in total. The van der Waals surface area contributed by atoms with Gasteiger partial charge in [-0.1, -0.05) is 60.7 Å². The van der Waals surface area contributed by atoms with E-state index in [2.05, 4.69) is 20.3 Å². The molecule has 0 saturated carbocycles. The number of aromatic nitrogens is 3. The van der Waals surface area contributed by atoms with Crippen molar-refractivity contribution in [3.63, 3.8) is 0 Å². The molecule has 0 saturated heterocycles. The Morgan fingerprint density at radius 1 is 0.893 bits per heavy atom. The Morgan fingerprint density at radius 2 is 1.50 bits per heavy atom. The van der Waals surface area contributed by atoms with Crippen LogP contribution >= 0.6 is 0 Å². The third-order valence-corrected chi connectivity index (χ3v) is 4.35. The number of rotatable bonds is 3. The van der Waals surface area contributed by atoms with Gasteiger partial charge in [0.15, 0.2) is 0 Å². The Bertz CT molecular complexity index is 994. The molecule has 1 aliphatic rings. The van der Waals surface area contributed by atoms with Crippen LogP contribution in [0.4, 0.5) is 19.1 Å². The maximum absolute atomic E-state index is 13.7. The Morgan fingerprint density at radius 3 is 2.04 bits per heavy atom. The van der Waals surface area contributed by atoms with Crippen LogP contribution in [0.5, 0.6) is 0 Å². The molecule has 0 spiro atoms. The van der Waals surface area contributed by atoms with E-state index in [4.69, 9.17) is 0 Å². The molecular formula is C19H14F3N5O. The summed E-state index contributed by atoms with van der Waals surface area (Å²) in [6.07, 6.45) is -4.43. The largest absolute Gasteiger partial charge is 0.438 e. The highest BCUT2D eigenvalue weighted by Gasteiger charge is 2.62. The van der Waals surface area contributed by atoms with Crippen molar-refractivity contribution in [1.29, 1.82) is 0 Å². The molecule has 1 aliphatic heterocycles. The summed E-state index contributed by atoms with van der Waals surface area (Å²) in [6.45, 7) is 0. The number of hydrogen-bond donors (Lipinski definition) is 1. The number of benzene rings is 2. The average molecular weight is 385 g/mol. The molecule has 0 fully saturated rings. The fourth-order valence-corrected chi connectivity index (χ4v) is 2.88. The number of hydrogen-bond acceptors (Lipinski definition) is 6. The number of anilines is 1. The number of aliphatic hydroxyl groups is 1. The Hall–Kier alpha value is -3.33. The molecule has 2 aromatic carbocycles. The van der Waals surface area contributed by atoms with Crippen molar-refractivity contribution in [2.24, 2.45) is 5.10 Å². The second-order valence-corrected chi connectivity index (χ2v) is 6.23. The molecule has 0 amide bonds. The third-order valence-electron chi connectivity index (χ3n) is 4.35. The number of nitrogens with zero attached hydrogens (tertiary/aromatic N) is 5. The van der Waals surface area contributed by atoms with Crippen LogP contribution in [0.1, 0.15) is 12.0 Å². The first-order valence-electron chi connectivity index (χ1n) is 8.36. The fraction of sp³-hybridized carbons (Fsp3) is 0.158. The van der Waals surface area contributed by atoms with Crippen molar-refractivity contribution in [1.82, 2.24) is 15.2 Å². The van der Waals surface area contributed by atoms with E-state index in [0.29, 0.717) is 16.3 Å². The van der Waals surface area contributed by atoms with Gasteiger partial charge in [-0.15, -0.1) is 10.2 Å². The minimum absolute atomic E-state index is 0.0798. The summed E-state index contributed by atoms with van der Waals surface area (Å²) >= 11 is 0. The lowest BCUT2D eigenvalue weighted by atomic mass is 10.0. The van der Waals surface area contributed by atoms with Crippen molar-refractivity contribution < 1.29 is 18.3 Å². The molecule has 4 rings (SSSR count). The van der Waals surface area contributed by atoms with E-state index >= 15 is 0 Å². The summed E-state index contributed by atoms with van der Waals surface area (Å²) in [5.74, 6) is -0.439. The van der Waals surface area contributed by atoms with Crippen LogP contribution in [0.15, 0.2) is 72.0 Å². The van der Waals surface area contributed by atoms with E-state index in [1.54, 1.807) is 54.6 Å². The molecule has 1 aromatic heterocycles. The fourth-order valence-electron chi connectivity index (χ4n) is 2.88. The van der Waals surface area contributed by atoms with Gasteiger partial charge >= 0.3 is 6.18 Å². The SMILES string of the molecule is O[C@]1(C(F)(F)F)CC(c2ccccc2)=NN1c1ncc(-c2ccccc2)nn1. The predicted molar refractivity (Wildman–Crippen MR) is 96.3 cm³/mol. The second kappa shape index (κ2) is 6.68. The highest BCUT2D eigenvalue weighted by atomic mass is 19.4. The second-order valence-electron chi connectivity index (χ2n) is 6.23. The van der Waals surface area contributed by atoms with Gasteiger partial charge in [-0.2, -0.15) is 23.3 Å². The molecule has 2 heterocycles. The quantitative estimate of drug-likeness (QED) is 0.748. The molecule has 0 unspecified atom stereocenters. The van der Waals surface area contributed by atoms with Crippen molar-refractivity contribution in [3.8, 4) is 11.3 Å². The van der Waals surface area contributed by atoms with Gasteiger partial charge < -0.3 is 5.11 Å². The summed E-state index contributed by atoms with van der Waals surface area (Å²) < 4.78 is 41.0. The molecular weight excluding hydrogens is 371 g/mol. The molecule has 3 aromatic rings. The minimum Gasteiger partial charge on any atom is -0.362 e. The van der Waals surface area contributed by atoms with Gasteiger partial charge in [-0.25, -0.2) is 4.98 Å². The van der Waals surface area contributed by atoms with Crippen LogP contribution in [0.2, 0.25) is 0 Å². The summed E-state index contributed by atoms with van der Waals surface area (Å²) in [6, 6.07) is 17.3. The summed E-state index contributed by atoms with van der Waals surface area (Å²) in [5, 5.41) is 22.5. The summed E-state index contributed by atoms with van der Waals surface area (Å²) in [7, 11) is 0. The van der Waals surface area contributed by atoms with Crippen molar-refractivity contribution >= 4 is 11.7 Å². The van der Waals surface area contributed by atoms with Crippen LogP contribution in [0.3, 0.4) is 0 Å². The maximum atomic E-state index is 13.7. The van der Waals surface area contributed by atoms with Gasteiger partial charge in [0.05, 0.1) is 18.3 Å². The van der Waals surface area contributed by atoms with Gasteiger partial charge in [0.2, 0.25) is 0 Å². The van der Waals surface area contributed by atoms with Gasteiger partial charge in [-0.3, -0.25) is 0 Å². The Balaban J connectivity index is 1.73. The average Bonchev–Trinajstić information content (AvgIpc) is 3.08. The molecule has 0 radical (unpaired) electrons. The molecule has 0 aliphatic carbocycles. The van der Waals surface area contributed by atoms with Crippen LogP contribution in [-0.4, -0.2) is 37.9 Å². The molecule has 6 nitrogen and oxygen atoms in total. The third kappa shape index (κ3) is 3.09. The number of halogens is 3. The van der Waals surface area contributed by atoms with E-state index in [-0.39, 0.29) is 5.71 Å². The van der Waals surface area contributed by atoms with E-state index in [0.717, 1.165) is 5.56 Å². The lowest BCUT2D eigenvalue weighted by Gasteiger charge is -2.32. The van der Waals surface area contributed by atoms with Crippen molar-refractivity contribution in [2.75, 3.05) is 5.01 Å². The van der Waals surface area contributed by atoms with E-state index in [9.17, 15) is 18.3 Å². The highest BCUT2D eigenvalue weighted by Crippen LogP contribution is 2.42. The molecule has 142 valence electrons. The van der Waals surface area contributed by atoms with Crippen LogP contribution in [0, 0.1) is 0 Å². The normalized spacial score (nSPS) is 19.6. The van der Waals surface area contributed by atoms with Gasteiger partial charge in [-0.05, 0) is 5.56 Å². The van der Waals surface area contributed by atoms with E-state index in [1.807, 2.05) is 6.07 Å². The molecule has 0 bridgehead atoms. The lowest BCUT2D eigenvalue weighted by molar-refractivity contribution is -0.254. The maximum Gasteiger partial charge on any atom is 0.438 e. The smallest absolute Gasteiger partial charge is 0.362 e. The zero-order valence-electron chi connectivity index (χ0n) is 14.4. The number of alkyl halides is 3. The standard InChI is InChI=1S/C19H14F3N5O/c20-19(21,22)18(28)11-15(13-7-3-1-4-8-13)26-27(18)17-23-12-16(24-25-17)14-9-5-2-6-10-14/h1-10,12,28H,11H2/t18-/m0/s1. The lowest BCUT2D eigenvalue weighted by Crippen LogP contribution is -2.55. The first kappa shape index (κ1) is 18.1. The molecule has 9 heteroatoms. The first-order valence-corrected chi connectivity index (χ1v) is 8.36. The van der Waals surface area contributed by atoms with E-state index in [1.165, 1.54) is 6.20 Å². The zero-order valence-corrected chi connectivity index (χ0v) is 14.4. The number of hydrazone groups is 1. The van der Waals surface area contributed by atoms with Gasteiger partial charge in [0, 0.05) is 5.56 Å². The Kier molecular flexibility index (Phi) is 4.31. The van der Waals surface area contributed by atoms with Crippen molar-refractivity contribution in [2.45, 2.75) is 18.3 Å². The van der Waals surface area contributed by atoms with Crippen molar-refractivity contribution in [3.05, 3.63) is 72.4 Å². The summed E-state index contributed by atoms with van der Waals surface area (Å²) in [4.78, 5) is 3.96. The monoisotopic (exact) mass is 385 g/mol. The zero-order chi connectivity index (χ0) is 19.8. The molecule has 1 atom stereocenters. The molecule has 28 heavy (non-hydrogen) atoms. The Labute approximate surface area is 158 Å². The first-order chi connectivity index (χ1) is 13.4. The van der Waals surface area contributed by atoms with Crippen LogP contribution in [-0.2, 0) is 0 Å². The topological polar surface area (TPSA) is 74.5 Å². The minimum atomic E-state index is -4.98. The highest BCUT2D eigenvalue weighted by molar-refractivity contribution is 6.03. The van der Waals surface area contributed by atoms with Gasteiger partial charge in [0.1, 0.15) is 5.69 Å². The van der Waals surface area contributed by atoms with E-state index < -0.39 is 24.3 Å². The van der Waals surface area contributed by atoms with Crippen LogP contribution < -0.4 is 5.01 Å². The summed E-state index contributed by atoms with van der Waals surface area (Å²) in [5.41, 5.74) is -1.59.